The number of hydrogen-bond acceptors (Lipinski definition) is 3. The van der Waals surface area contributed by atoms with Crippen LogP contribution in [0.1, 0.15) is 71.6 Å². The highest BCUT2D eigenvalue weighted by molar-refractivity contribution is 5.94. The molecule has 0 aromatic heterocycles. The quantitative estimate of drug-likeness (QED) is 0.681. The predicted octanol–water partition coefficient (Wildman–Crippen LogP) is 4.19. The van der Waals surface area contributed by atoms with Gasteiger partial charge in [-0.25, -0.2) is 0 Å². The van der Waals surface area contributed by atoms with Crippen LogP contribution in [0, 0.1) is 34.5 Å². The molecule has 5 aliphatic carbocycles. The summed E-state index contributed by atoms with van der Waals surface area (Å²) in [6.07, 6.45) is 12.9. The maximum Gasteiger partial charge on any atom is 0.159 e. The number of ketones is 1. The van der Waals surface area contributed by atoms with Crippen molar-refractivity contribution in [3.8, 4) is 0 Å². The second-order valence-electron chi connectivity index (χ2n) is 10.6. The average molecular weight is 371 g/mol. The molecule has 3 saturated carbocycles. The molecule has 2 N–H and O–H groups in total. The van der Waals surface area contributed by atoms with Gasteiger partial charge in [0, 0.05) is 5.92 Å². The fraction of sp³-hybridized carbons (Fsp3) is 0.792. The molecule has 0 aromatic rings. The third kappa shape index (κ3) is 2.43. The van der Waals surface area contributed by atoms with Gasteiger partial charge in [0.2, 0.25) is 0 Å². The van der Waals surface area contributed by atoms with Gasteiger partial charge in [-0.05, 0) is 92.4 Å². The van der Waals surface area contributed by atoms with Crippen molar-refractivity contribution in [1.82, 2.24) is 0 Å². The molecule has 3 fully saturated rings. The van der Waals surface area contributed by atoms with E-state index in [9.17, 15) is 15.0 Å². The molecular weight excluding hydrogens is 336 g/mol. The molecule has 0 aromatic carbocycles. The second-order valence-corrected chi connectivity index (χ2v) is 10.6. The Balaban J connectivity index is 1.48. The molecule has 5 rings (SSSR count). The van der Waals surface area contributed by atoms with E-state index in [1.807, 2.05) is 6.08 Å². The molecule has 0 saturated heterocycles. The lowest BCUT2D eigenvalue weighted by atomic mass is 9.47. The maximum absolute atomic E-state index is 13.3. The first-order valence-electron chi connectivity index (χ1n) is 11.1. The van der Waals surface area contributed by atoms with Crippen molar-refractivity contribution in [3.63, 3.8) is 0 Å². The predicted molar refractivity (Wildman–Crippen MR) is 105 cm³/mol. The summed E-state index contributed by atoms with van der Waals surface area (Å²) in [5.41, 5.74) is 2.88. The van der Waals surface area contributed by atoms with Crippen LogP contribution in [0.25, 0.3) is 0 Å². The summed E-state index contributed by atoms with van der Waals surface area (Å²) < 4.78 is 0. The van der Waals surface area contributed by atoms with Crippen LogP contribution in [0.5, 0.6) is 0 Å². The molecule has 0 amide bonds. The Labute approximate surface area is 162 Å². The van der Waals surface area contributed by atoms with Crippen molar-refractivity contribution in [1.29, 1.82) is 0 Å². The number of carbonyl (C=O) groups is 1. The van der Waals surface area contributed by atoms with Crippen molar-refractivity contribution in [2.45, 2.75) is 83.8 Å². The van der Waals surface area contributed by atoms with Crippen LogP contribution in [-0.4, -0.2) is 28.2 Å². The zero-order valence-corrected chi connectivity index (χ0v) is 16.8. The standard InChI is InChI=1S/C24H34O3/c1-23-9-7-15(14-5-3-4-6-14)11-16(23)12-19(25)21-17(23)8-10-24(2)18(21)13-20(26)22(24)27/h5,12,15,17-18,20-22,26-27H,3-4,6-11,13H2,1-2H3/t15-,17?,18?,20+,21?,22-,23-,24-/m0/s1. The van der Waals surface area contributed by atoms with E-state index in [-0.39, 0.29) is 28.4 Å². The van der Waals surface area contributed by atoms with E-state index >= 15 is 0 Å². The van der Waals surface area contributed by atoms with Gasteiger partial charge in [-0.2, -0.15) is 0 Å². The zero-order valence-electron chi connectivity index (χ0n) is 16.8. The smallest absolute Gasteiger partial charge is 0.159 e. The first kappa shape index (κ1) is 18.1. The lowest BCUT2D eigenvalue weighted by molar-refractivity contribution is -0.136. The minimum atomic E-state index is -0.681. The molecule has 27 heavy (non-hydrogen) atoms. The first-order valence-corrected chi connectivity index (χ1v) is 11.1. The number of aliphatic hydroxyl groups is 2. The number of hydrogen-bond donors (Lipinski definition) is 2. The Morgan fingerprint density at radius 1 is 1.11 bits per heavy atom. The average Bonchev–Trinajstić information content (AvgIpc) is 3.24. The van der Waals surface area contributed by atoms with Crippen LogP contribution in [0.2, 0.25) is 0 Å². The first-order chi connectivity index (χ1) is 12.8. The van der Waals surface area contributed by atoms with Gasteiger partial charge in [0.05, 0.1) is 12.2 Å². The van der Waals surface area contributed by atoms with E-state index in [1.54, 1.807) is 5.57 Å². The summed E-state index contributed by atoms with van der Waals surface area (Å²) in [5, 5.41) is 20.9. The van der Waals surface area contributed by atoms with Gasteiger partial charge >= 0.3 is 0 Å². The molecule has 0 aliphatic heterocycles. The molecule has 3 unspecified atom stereocenters. The zero-order chi connectivity index (χ0) is 19.0. The minimum absolute atomic E-state index is 0.00783. The van der Waals surface area contributed by atoms with E-state index in [2.05, 4.69) is 19.9 Å². The molecule has 5 aliphatic rings. The van der Waals surface area contributed by atoms with Gasteiger partial charge in [-0.15, -0.1) is 0 Å². The van der Waals surface area contributed by atoms with Crippen LogP contribution in [0.3, 0.4) is 0 Å². The number of rotatable bonds is 1. The van der Waals surface area contributed by atoms with E-state index in [1.165, 1.54) is 37.7 Å². The van der Waals surface area contributed by atoms with Crippen LogP contribution >= 0.6 is 0 Å². The Bertz CT molecular complexity index is 721. The van der Waals surface area contributed by atoms with Gasteiger partial charge in [0.25, 0.3) is 0 Å². The number of aliphatic hydroxyl groups excluding tert-OH is 2. The molecule has 3 heteroatoms. The lowest BCUT2D eigenvalue weighted by Crippen LogP contribution is -2.53. The van der Waals surface area contributed by atoms with Gasteiger partial charge in [0.15, 0.2) is 5.78 Å². The Morgan fingerprint density at radius 2 is 1.93 bits per heavy atom. The maximum atomic E-state index is 13.3. The topological polar surface area (TPSA) is 57.5 Å². The number of fused-ring (bicyclic) bond motifs is 5. The molecule has 0 spiro atoms. The summed E-state index contributed by atoms with van der Waals surface area (Å²) in [6, 6.07) is 0. The van der Waals surface area contributed by atoms with Gasteiger partial charge in [-0.1, -0.05) is 31.1 Å². The van der Waals surface area contributed by atoms with Crippen LogP contribution in [0.4, 0.5) is 0 Å². The van der Waals surface area contributed by atoms with Gasteiger partial charge in [0.1, 0.15) is 0 Å². The fourth-order valence-corrected chi connectivity index (χ4v) is 7.78. The van der Waals surface area contributed by atoms with E-state index in [4.69, 9.17) is 0 Å². The highest BCUT2D eigenvalue weighted by atomic mass is 16.3. The molecule has 0 radical (unpaired) electrons. The summed E-state index contributed by atoms with van der Waals surface area (Å²) in [4.78, 5) is 13.3. The van der Waals surface area contributed by atoms with Crippen LogP contribution < -0.4 is 0 Å². The van der Waals surface area contributed by atoms with Gasteiger partial charge < -0.3 is 10.2 Å². The Kier molecular flexibility index (Phi) is 4.05. The monoisotopic (exact) mass is 370 g/mol. The van der Waals surface area contributed by atoms with Crippen molar-refractivity contribution in [2.75, 3.05) is 0 Å². The summed E-state index contributed by atoms with van der Waals surface area (Å²) in [6.45, 7) is 4.51. The second kappa shape index (κ2) is 6.03. The molecule has 8 atom stereocenters. The summed E-state index contributed by atoms with van der Waals surface area (Å²) in [5.74, 6) is 1.44. The normalized spacial score (nSPS) is 51.9. The van der Waals surface area contributed by atoms with E-state index < -0.39 is 12.2 Å². The molecule has 148 valence electrons. The van der Waals surface area contributed by atoms with Crippen LogP contribution in [-0.2, 0) is 4.79 Å². The van der Waals surface area contributed by atoms with Crippen molar-refractivity contribution < 1.29 is 15.0 Å². The third-order valence-electron chi connectivity index (χ3n) is 9.52. The Hall–Kier alpha value is -0.930. The third-order valence-corrected chi connectivity index (χ3v) is 9.52. The van der Waals surface area contributed by atoms with E-state index in [0.29, 0.717) is 18.3 Å². The number of allylic oxidation sites excluding steroid dienone is 4. The summed E-state index contributed by atoms with van der Waals surface area (Å²) >= 11 is 0. The molecule has 0 bridgehead atoms. The lowest BCUT2D eigenvalue weighted by Gasteiger charge is -2.57. The van der Waals surface area contributed by atoms with Crippen LogP contribution in [0.15, 0.2) is 23.3 Å². The van der Waals surface area contributed by atoms with Crippen molar-refractivity contribution >= 4 is 5.78 Å². The SMILES string of the molecule is C[C@]12CC[C@H](C3=CCCC3)CC1=CC(=O)C1C2CC[C@@]2(C)C1C[C@@H](O)[C@@H]2O. The van der Waals surface area contributed by atoms with Crippen molar-refractivity contribution in [3.05, 3.63) is 23.3 Å². The molecule has 0 heterocycles. The largest absolute Gasteiger partial charge is 0.390 e. The van der Waals surface area contributed by atoms with Crippen molar-refractivity contribution in [2.24, 2.45) is 34.5 Å². The number of carbonyl (C=O) groups excluding carboxylic acids is 1. The minimum Gasteiger partial charge on any atom is -0.390 e. The molecular formula is C24H34O3. The molecule has 3 nitrogen and oxygen atoms in total. The fourth-order valence-electron chi connectivity index (χ4n) is 7.78. The van der Waals surface area contributed by atoms with E-state index in [0.717, 1.165) is 19.3 Å². The highest BCUT2D eigenvalue weighted by Crippen LogP contribution is 2.64. The highest BCUT2D eigenvalue weighted by Gasteiger charge is 2.62. The Morgan fingerprint density at radius 3 is 2.67 bits per heavy atom. The summed E-state index contributed by atoms with van der Waals surface area (Å²) in [7, 11) is 0. The van der Waals surface area contributed by atoms with Gasteiger partial charge in [-0.3, -0.25) is 4.79 Å².